The Balaban J connectivity index is 4.18. The minimum absolute atomic E-state index is 0.0236. The van der Waals surface area contributed by atoms with Gasteiger partial charge in [0.15, 0.2) is 8.32 Å². The average molecular weight is 262 g/mol. The molecule has 0 saturated heterocycles. The zero-order valence-electron chi connectivity index (χ0n) is 11.7. The largest absolute Gasteiger partial charge is 0.520 e. The van der Waals surface area contributed by atoms with Crippen LogP contribution in [0.1, 0.15) is 19.8 Å². The van der Waals surface area contributed by atoms with Crippen molar-refractivity contribution in [3.05, 3.63) is 0 Å². The highest BCUT2D eigenvalue weighted by molar-refractivity contribution is 6.71. The predicted octanol–water partition coefficient (Wildman–Crippen LogP) is 3.38. The Morgan fingerprint density at radius 1 is 1.06 bits per heavy atom. The van der Waals surface area contributed by atoms with Crippen molar-refractivity contribution in [1.82, 2.24) is 0 Å². The van der Waals surface area contributed by atoms with E-state index in [2.05, 4.69) is 19.6 Å². The third-order valence-electron chi connectivity index (χ3n) is 1.79. The van der Waals surface area contributed by atoms with E-state index in [9.17, 15) is 4.79 Å². The van der Waals surface area contributed by atoms with Gasteiger partial charge in [-0.25, -0.2) is 0 Å². The second-order valence-corrected chi connectivity index (χ2v) is 14.9. The van der Waals surface area contributed by atoms with Crippen LogP contribution in [-0.2, 0) is 13.6 Å². The van der Waals surface area contributed by atoms with Gasteiger partial charge in [0.1, 0.15) is 0 Å². The van der Waals surface area contributed by atoms with Gasteiger partial charge in [-0.3, -0.25) is 4.79 Å². The summed E-state index contributed by atoms with van der Waals surface area (Å²) in [7, 11) is -3.32. The Morgan fingerprint density at radius 2 is 1.56 bits per heavy atom. The molecule has 0 aliphatic rings. The maximum Gasteiger partial charge on any atom is 0.295 e. The molecule has 3 nitrogen and oxygen atoms in total. The summed E-state index contributed by atoms with van der Waals surface area (Å²) in [5.41, 5.74) is 0. The quantitative estimate of drug-likeness (QED) is 0.688. The lowest BCUT2D eigenvalue weighted by atomic mass is 10.2. The summed E-state index contributed by atoms with van der Waals surface area (Å²) >= 11 is 0. The van der Waals surface area contributed by atoms with Gasteiger partial charge in [0.2, 0.25) is 8.32 Å². The van der Waals surface area contributed by atoms with E-state index >= 15 is 0 Å². The third kappa shape index (κ3) is 9.12. The Hall–Kier alpha value is -0.136. The molecular formula is C11H26O3Si2. The van der Waals surface area contributed by atoms with E-state index in [1.165, 1.54) is 0 Å². The highest BCUT2D eigenvalue weighted by Gasteiger charge is 2.25. The highest BCUT2D eigenvalue weighted by atomic mass is 28.4. The van der Waals surface area contributed by atoms with E-state index < -0.39 is 16.6 Å². The topological polar surface area (TPSA) is 35.5 Å². The average Bonchev–Trinajstić information content (AvgIpc) is 1.96. The van der Waals surface area contributed by atoms with Crippen LogP contribution >= 0.6 is 0 Å². The molecule has 1 atom stereocenters. The monoisotopic (exact) mass is 262 g/mol. The molecule has 0 aromatic heterocycles. The Morgan fingerprint density at radius 3 is 1.88 bits per heavy atom. The second kappa shape index (κ2) is 5.98. The van der Waals surface area contributed by atoms with Gasteiger partial charge < -0.3 is 8.85 Å². The standard InChI is InChI=1S/C11H26O3Si2/c1-8-10(13-15(2,3)4)9-11(12)14-16(5,6)7/h10H,8-9H2,1-7H3. The molecule has 0 radical (unpaired) electrons. The zero-order valence-corrected chi connectivity index (χ0v) is 13.7. The minimum Gasteiger partial charge on any atom is -0.520 e. The molecule has 0 aromatic carbocycles. The van der Waals surface area contributed by atoms with Gasteiger partial charge in [0.05, 0.1) is 12.5 Å². The van der Waals surface area contributed by atoms with Gasteiger partial charge in [-0.05, 0) is 45.7 Å². The summed E-state index contributed by atoms with van der Waals surface area (Å²) in [6.07, 6.45) is 1.28. The highest BCUT2D eigenvalue weighted by Crippen LogP contribution is 2.15. The van der Waals surface area contributed by atoms with Gasteiger partial charge in [-0.15, -0.1) is 0 Å². The Kier molecular flexibility index (Phi) is 5.93. The van der Waals surface area contributed by atoms with Crippen LogP contribution in [0.5, 0.6) is 0 Å². The van der Waals surface area contributed by atoms with Crippen molar-refractivity contribution in [3.63, 3.8) is 0 Å². The van der Waals surface area contributed by atoms with Crippen molar-refractivity contribution in [2.24, 2.45) is 0 Å². The lowest BCUT2D eigenvalue weighted by Crippen LogP contribution is -2.35. The maximum absolute atomic E-state index is 11.7. The molecule has 0 saturated carbocycles. The molecule has 16 heavy (non-hydrogen) atoms. The first-order chi connectivity index (χ1) is 7.03. The molecule has 5 heteroatoms. The van der Waals surface area contributed by atoms with E-state index in [1.54, 1.807) is 0 Å². The third-order valence-corrected chi connectivity index (χ3v) is 3.67. The molecule has 0 heterocycles. The molecule has 0 spiro atoms. The van der Waals surface area contributed by atoms with Crippen LogP contribution in [0.15, 0.2) is 0 Å². The lowest BCUT2D eigenvalue weighted by molar-refractivity contribution is -0.137. The molecule has 0 N–H and O–H groups in total. The Bertz CT molecular complexity index is 228. The molecular weight excluding hydrogens is 236 g/mol. The lowest BCUT2D eigenvalue weighted by Gasteiger charge is -2.26. The molecule has 0 aromatic rings. The molecule has 0 bridgehead atoms. The summed E-state index contributed by atoms with van der Waals surface area (Å²) in [6, 6.07) is 0. The van der Waals surface area contributed by atoms with E-state index in [0.29, 0.717) is 6.42 Å². The number of rotatable bonds is 6. The molecule has 0 fully saturated rings. The smallest absolute Gasteiger partial charge is 0.295 e. The van der Waals surface area contributed by atoms with Crippen LogP contribution in [-0.4, -0.2) is 28.7 Å². The van der Waals surface area contributed by atoms with E-state index in [4.69, 9.17) is 8.85 Å². The van der Waals surface area contributed by atoms with Gasteiger partial charge in [0, 0.05) is 0 Å². The maximum atomic E-state index is 11.7. The van der Waals surface area contributed by atoms with Gasteiger partial charge in [0.25, 0.3) is 5.97 Å². The van der Waals surface area contributed by atoms with Crippen LogP contribution in [0.4, 0.5) is 0 Å². The first-order valence-electron chi connectivity index (χ1n) is 5.93. The van der Waals surface area contributed by atoms with E-state index in [0.717, 1.165) is 6.42 Å². The first-order valence-corrected chi connectivity index (χ1v) is 12.7. The van der Waals surface area contributed by atoms with Crippen LogP contribution < -0.4 is 0 Å². The molecule has 0 aliphatic heterocycles. The fraction of sp³-hybridized carbons (Fsp3) is 0.909. The van der Waals surface area contributed by atoms with Gasteiger partial charge in [-0.1, -0.05) is 6.92 Å². The van der Waals surface area contributed by atoms with E-state index in [1.807, 2.05) is 26.6 Å². The normalized spacial score (nSPS) is 14.7. The molecule has 96 valence electrons. The fourth-order valence-corrected chi connectivity index (χ4v) is 3.35. The van der Waals surface area contributed by atoms with Crippen molar-refractivity contribution >= 4 is 22.6 Å². The Labute approximate surface area is 102 Å². The number of carbonyl (C=O) groups is 1. The summed E-state index contributed by atoms with van der Waals surface area (Å²) < 4.78 is 11.3. The van der Waals surface area contributed by atoms with Gasteiger partial charge in [-0.2, -0.15) is 0 Å². The molecule has 0 amide bonds. The van der Waals surface area contributed by atoms with Crippen LogP contribution in [0.25, 0.3) is 0 Å². The molecule has 0 aliphatic carbocycles. The minimum atomic E-state index is -1.75. The molecule has 0 rings (SSSR count). The van der Waals surface area contributed by atoms with Crippen LogP contribution in [0.2, 0.25) is 39.3 Å². The first kappa shape index (κ1) is 15.9. The van der Waals surface area contributed by atoms with Crippen molar-refractivity contribution < 1.29 is 13.6 Å². The summed E-state index contributed by atoms with van der Waals surface area (Å²) in [5.74, 6) is -0.107. The van der Waals surface area contributed by atoms with Crippen molar-refractivity contribution in [2.75, 3.05) is 0 Å². The van der Waals surface area contributed by atoms with Crippen molar-refractivity contribution in [3.8, 4) is 0 Å². The predicted molar refractivity (Wildman–Crippen MR) is 72.6 cm³/mol. The van der Waals surface area contributed by atoms with Gasteiger partial charge >= 0.3 is 0 Å². The SMILES string of the molecule is CCC(CC(=O)O[Si](C)(C)C)O[Si](C)(C)C. The summed E-state index contributed by atoms with van der Waals surface area (Å²) in [5, 5.41) is 0. The van der Waals surface area contributed by atoms with Crippen molar-refractivity contribution in [2.45, 2.75) is 65.2 Å². The van der Waals surface area contributed by atoms with Crippen molar-refractivity contribution in [1.29, 1.82) is 0 Å². The molecule has 1 unspecified atom stereocenters. The fourth-order valence-electron chi connectivity index (χ4n) is 1.34. The zero-order chi connectivity index (χ0) is 13.0. The number of hydrogen-bond donors (Lipinski definition) is 0. The van der Waals surface area contributed by atoms with Crippen LogP contribution in [0.3, 0.4) is 0 Å². The second-order valence-electron chi connectivity index (χ2n) is 6.05. The van der Waals surface area contributed by atoms with E-state index in [-0.39, 0.29) is 12.1 Å². The van der Waals surface area contributed by atoms with Crippen LogP contribution in [0, 0.1) is 0 Å². The number of hydrogen-bond acceptors (Lipinski definition) is 3. The summed E-state index contributed by atoms with van der Waals surface area (Å²) in [6.45, 7) is 14.5. The summed E-state index contributed by atoms with van der Waals surface area (Å²) in [4.78, 5) is 11.7. The number of carbonyl (C=O) groups excluding carboxylic acids is 1.